The number of rotatable bonds is 3. The number of benzene rings is 1. The van der Waals surface area contributed by atoms with Crippen molar-refractivity contribution in [3.8, 4) is 5.75 Å². The molecule has 21 heavy (non-hydrogen) atoms. The molecule has 0 aliphatic carbocycles. The van der Waals surface area contributed by atoms with E-state index in [0.29, 0.717) is 17.4 Å². The lowest BCUT2D eigenvalue weighted by atomic mass is 9.96. The molecule has 1 fully saturated rings. The van der Waals surface area contributed by atoms with Crippen molar-refractivity contribution in [2.24, 2.45) is 5.92 Å². The lowest BCUT2D eigenvalue weighted by molar-refractivity contribution is 0.254. The van der Waals surface area contributed by atoms with Gasteiger partial charge in [0.05, 0.1) is 4.90 Å². The molecule has 3 atom stereocenters. The Bertz CT molecular complexity index is 630. The molecule has 0 saturated carbocycles. The van der Waals surface area contributed by atoms with Crippen LogP contribution < -0.4 is 14.8 Å². The third-order valence-electron chi connectivity index (χ3n) is 4.31. The molecular weight excluding hydrogens is 288 g/mol. The van der Waals surface area contributed by atoms with Crippen molar-refractivity contribution >= 4 is 10.0 Å². The van der Waals surface area contributed by atoms with Crippen molar-refractivity contribution in [2.75, 3.05) is 13.1 Å². The van der Waals surface area contributed by atoms with Crippen LogP contribution in [0.3, 0.4) is 0 Å². The summed E-state index contributed by atoms with van der Waals surface area (Å²) in [5.41, 5.74) is 0.972. The van der Waals surface area contributed by atoms with E-state index in [2.05, 4.69) is 17.0 Å². The summed E-state index contributed by atoms with van der Waals surface area (Å²) >= 11 is 0. The van der Waals surface area contributed by atoms with Crippen molar-refractivity contribution < 1.29 is 13.2 Å². The first-order chi connectivity index (χ1) is 9.95. The van der Waals surface area contributed by atoms with E-state index in [1.807, 2.05) is 6.92 Å². The number of piperidine rings is 1. The highest BCUT2D eigenvalue weighted by Gasteiger charge is 2.28. The Kier molecular flexibility index (Phi) is 3.94. The van der Waals surface area contributed by atoms with Crippen LogP contribution in [-0.4, -0.2) is 33.7 Å². The van der Waals surface area contributed by atoms with Crippen LogP contribution >= 0.6 is 0 Å². The normalized spacial score (nSPS) is 29.0. The molecule has 116 valence electrons. The van der Waals surface area contributed by atoms with E-state index in [1.54, 1.807) is 18.2 Å². The second-order valence-electron chi connectivity index (χ2n) is 6.10. The third kappa shape index (κ3) is 3.07. The van der Waals surface area contributed by atoms with E-state index in [-0.39, 0.29) is 12.1 Å². The molecule has 1 aromatic carbocycles. The summed E-state index contributed by atoms with van der Waals surface area (Å²) < 4.78 is 33.5. The number of hydrogen-bond donors (Lipinski definition) is 2. The summed E-state index contributed by atoms with van der Waals surface area (Å²) in [7, 11) is -3.48. The average Bonchev–Trinajstić information content (AvgIpc) is 2.80. The van der Waals surface area contributed by atoms with Crippen LogP contribution in [0.1, 0.15) is 25.8 Å². The summed E-state index contributed by atoms with van der Waals surface area (Å²) in [5, 5.41) is 3.24. The number of fused-ring (bicyclic) bond motifs is 1. The molecule has 1 saturated heterocycles. The Labute approximate surface area is 126 Å². The van der Waals surface area contributed by atoms with Gasteiger partial charge in [0, 0.05) is 19.0 Å². The van der Waals surface area contributed by atoms with E-state index in [0.717, 1.165) is 30.7 Å². The van der Waals surface area contributed by atoms with Crippen LogP contribution in [-0.2, 0) is 16.4 Å². The molecule has 3 unspecified atom stereocenters. The van der Waals surface area contributed by atoms with E-state index in [4.69, 9.17) is 4.74 Å². The SMILES string of the molecule is CC1Cc2cc(S(=O)(=O)NC3CNCCC3C)ccc2O1. The molecule has 0 spiro atoms. The van der Waals surface area contributed by atoms with Crippen LogP contribution in [0, 0.1) is 5.92 Å². The molecule has 2 heterocycles. The molecule has 0 amide bonds. The molecular formula is C15H22N2O3S. The standard InChI is InChI=1S/C15H22N2O3S/c1-10-5-6-16-9-14(10)17-21(18,19)13-3-4-15-12(8-13)7-11(2)20-15/h3-4,8,10-11,14,16-17H,5-7,9H2,1-2H3. The summed E-state index contributed by atoms with van der Waals surface area (Å²) in [6.07, 6.45) is 1.87. The Morgan fingerprint density at radius 3 is 2.90 bits per heavy atom. The van der Waals surface area contributed by atoms with E-state index in [1.165, 1.54) is 0 Å². The molecule has 1 aromatic rings. The van der Waals surface area contributed by atoms with Gasteiger partial charge in [0.1, 0.15) is 11.9 Å². The Hall–Kier alpha value is -1.11. The summed E-state index contributed by atoms with van der Waals surface area (Å²) in [6, 6.07) is 5.07. The first-order valence-corrected chi connectivity index (χ1v) is 8.96. The number of hydrogen-bond acceptors (Lipinski definition) is 4. The molecule has 5 nitrogen and oxygen atoms in total. The second-order valence-corrected chi connectivity index (χ2v) is 7.81. The van der Waals surface area contributed by atoms with Crippen LogP contribution in [0.25, 0.3) is 0 Å². The van der Waals surface area contributed by atoms with Gasteiger partial charge in [0.15, 0.2) is 0 Å². The highest BCUT2D eigenvalue weighted by molar-refractivity contribution is 7.89. The zero-order valence-corrected chi connectivity index (χ0v) is 13.2. The largest absolute Gasteiger partial charge is 0.490 e. The fourth-order valence-electron chi connectivity index (χ4n) is 2.98. The van der Waals surface area contributed by atoms with Crippen molar-refractivity contribution in [1.29, 1.82) is 0 Å². The minimum atomic E-state index is -3.48. The summed E-state index contributed by atoms with van der Waals surface area (Å²) in [5.74, 6) is 1.15. The monoisotopic (exact) mass is 310 g/mol. The van der Waals surface area contributed by atoms with Gasteiger partial charge >= 0.3 is 0 Å². The van der Waals surface area contributed by atoms with E-state index >= 15 is 0 Å². The Balaban J connectivity index is 1.80. The highest BCUT2D eigenvalue weighted by Crippen LogP contribution is 2.30. The molecule has 3 rings (SSSR count). The molecule has 6 heteroatoms. The van der Waals surface area contributed by atoms with Gasteiger partial charge < -0.3 is 10.1 Å². The maximum Gasteiger partial charge on any atom is 0.240 e. The zero-order valence-electron chi connectivity index (χ0n) is 12.4. The molecule has 2 aliphatic rings. The molecule has 0 bridgehead atoms. The summed E-state index contributed by atoms with van der Waals surface area (Å²) in [4.78, 5) is 0.330. The topological polar surface area (TPSA) is 67.4 Å². The van der Waals surface area contributed by atoms with Gasteiger partial charge in [-0.25, -0.2) is 13.1 Å². The number of nitrogens with one attached hydrogen (secondary N) is 2. The lowest BCUT2D eigenvalue weighted by Gasteiger charge is -2.30. The van der Waals surface area contributed by atoms with Crippen molar-refractivity contribution in [1.82, 2.24) is 10.0 Å². The molecule has 2 N–H and O–H groups in total. The predicted octanol–water partition coefficient (Wildman–Crippen LogP) is 1.29. The fraction of sp³-hybridized carbons (Fsp3) is 0.600. The highest BCUT2D eigenvalue weighted by atomic mass is 32.2. The van der Waals surface area contributed by atoms with Gasteiger partial charge in [-0.05, 0) is 49.6 Å². The predicted molar refractivity (Wildman–Crippen MR) is 81.0 cm³/mol. The Morgan fingerprint density at radius 2 is 2.14 bits per heavy atom. The van der Waals surface area contributed by atoms with Gasteiger partial charge in [-0.15, -0.1) is 0 Å². The fourth-order valence-corrected chi connectivity index (χ4v) is 4.38. The minimum Gasteiger partial charge on any atom is -0.490 e. The maximum atomic E-state index is 12.5. The van der Waals surface area contributed by atoms with Gasteiger partial charge in [-0.2, -0.15) is 0 Å². The van der Waals surface area contributed by atoms with Crippen LogP contribution in [0.4, 0.5) is 0 Å². The van der Waals surface area contributed by atoms with Gasteiger partial charge in [0.2, 0.25) is 10.0 Å². The quantitative estimate of drug-likeness (QED) is 0.883. The molecule has 2 aliphatic heterocycles. The third-order valence-corrected chi connectivity index (χ3v) is 5.80. The zero-order chi connectivity index (χ0) is 15.0. The smallest absolute Gasteiger partial charge is 0.240 e. The number of sulfonamides is 1. The van der Waals surface area contributed by atoms with Gasteiger partial charge in [0.25, 0.3) is 0 Å². The van der Waals surface area contributed by atoms with Crippen LogP contribution in [0.2, 0.25) is 0 Å². The molecule has 0 radical (unpaired) electrons. The van der Waals surface area contributed by atoms with Gasteiger partial charge in [-0.3, -0.25) is 0 Å². The van der Waals surface area contributed by atoms with Crippen LogP contribution in [0.5, 0.6) is 5.75 Å². The van der Waals surface area contributed by atoms with Crippen molar-refractivity contribution in [3.63, 3.8) is 0 Å². The van der Waals surface area contributed by atoms with Crippen LogP contribution in [0.15, 0.2) is 23.1 Å². The number of ether oxygens (including phenoxy) is 1. The Morgan fingerprint density at radius 1 is 1.33 bits per heavy atom. The first-order valence-electron chi connectivity index (χ1n) is 7.48. The van der Waals surface area contributed by atoms with E-state index < -0.39 is 10.0 Å². The second kappa shape index (κ2) is 5.59. The average molecular weight is 310 g/mol. The van der Waals surface area contributed by atoms with Crippen molar-refractivity contribution in [2.45, 2.75) is 43.7 Å². The summed E-state index contributed by atoms with van der Waals surface area (Å²) in [6.45, 7) is 5.72. The minimum absolute atomic E-state index is 0.0489. The molecule has 0 aromatic heterocycles. The van der Waals surface area contributed by atoms with Gasteiger partial charge in [-0.1, -0.05) is 6.92 Å². The van der Waals surface area contributed by atoms with Crippen molar-refractivity contribution in [3.05, 3.63) is 23.8 Å². The lowest BCUT2D eigenvalue weighted by Crippen LogP contribution is -2.50. The van der Waals surface area contributed by atoms with E-state index in [9.17, 15) is 8.42 Å². The maximum absolute atomic E-state index is 12.5. The first kappa shape index (κ1) is 14.8.